The molecule has 7 heteroatoms. The van der Waals surface area contributed by atoms with Crippen molar-refractivity contribution in [3.8, 4) is 0 Å². The standard InChI is InChI=1S/C56H82O7/c1-38(19-15-21-40(3)25-33-48-44(7)27-31-46(55(48,9)10)29-23-42(5)35-57)17-13-14-18-39(2)20-16-22-41(4)26-34-49-45(8)28-32-47(56(49,11)12)30-24-43(6)37-62-54-53(61)52(60)51(59)50(36-58)63-54/h13-28,33-34,46-54,57-61H,29-32,35-37H2,1-12H3/b14-13+,19-15+,20-16+,33-25+,34-26+,38-17+,39-18+,40-21+,41-22+,42-23+,43-24+/t46?,47?,48?,49?,50-,51-,52+,53-,54-/m1/s1. The van der Waals surface area contributed by atoms with E-state index in [9.17, 15) is 25.5 Å². The molecule has 3 aliphatic rings. The van der Waals surface area contributed by atoms with Crippen molar-refractivity contribution in [3.63, 3.8) is 0 Å². The molecule has 63 heavy (non-hydrogen) atoms. The lowest BCUT2D eigenvalue weighted by Gasteiger charge is -2.43. The van der Waals surface area contributed by atoms with Crippen LogP contribution in [0.25, 0.3) is 0 Å². The van der Waals surface area contributed by atoms with Crippen LogP contribution in [0.3, 0.4) is 0 Å². The van der Waals surface area contributed by atoms with Crippen LogP contribution in [-0.4, -0.2) is 76.1 Å². The molecule has 3 rings (SSSR count). The summed E-state index contributed by atoms with van der Waals surface area (Å²) >= 11 is 0. The number of hydrogen-bond donors (Lipinski definition) is 5. The van der Waals surface area contributed by atoms with Gasteiger partial charge in [-0.25, -0.2) is 0 Å². The molecular weight excluding hydrogens is 785 g/mol. The minimum absolute atomic E-state index is 0.0231. The van der Waals surface area contributed by atoms with Crippen molar-refractivity contribution in [1.82, 2.24) is 0 Å². The van der Waals surface area contributed by atoms with Crippen molar-refractivity contribution in [2.24, 2.45) is 34.5 Å². The molecular formula is C56H82O7. The largest absolute Gasteiger partial charge is 0.394 e. The smallest absolute Gasteiger partial charge is 0.187 e. The fourth-order valence-electron chi connectivity index (χ4n) is 8.86. The third kappa shape index (κ3) is 16.4. The molecule has 0 aromatic rings. The molecule has 9 atom stereocenters. The van der Waals surface area contributed by atoms with Gasteiger partial charge in [0.25, 0.3) is 0 Å². The SMILES string of the molecule is CC1=CCC(C/C=C(\C)CO)C(C)(C)C1/C=C/C(C)=C/C=C/C(C)=C/C=C/C=C(C)/C=C/C=C(C)/C=C/C1C(C)=CCC(C/C=C(\C)CO[C@@H]2O[C@H](CO)[C@@H](O)[C@H](O)[C@H]2O)C1(C)C. The van der Waals surface area contributed by atoms with E-state index in [-0.39, 0.29) is 24.0 Å². The molecule has 1 aliphatic heterocycles. The normalized spacial score (nSPS) is 30.7. The predicted molar refractivity (Wildman–Crippen MR) is 263 cm³/mol. The molecule has 2 aliphatic carbocycles. The Hall–Kier alpha value is -3.66. The van der Waals surface area contributed by atoms with Gasteiger partial charge in [-0.05, 0) is 104 Å². The maximum absolute atomic E-state index is 10.3. The van der Waals surface area contributed by atoms with Crippen molar-refractivity contribution in [1.29, 1.82) is 0 Å². The van der Waals surface area contributed by atoms with Crippen LogP contribution in [0.2, 0.25) is 0 Å². The van der Waals surface area contributed by atoms with E-state index in [1.807, 2.05) is 13.8 Å². The van der Waals surface area contributed by atoms with Gasteiger partial charge in [-0.2, -0.15) is 0 Å². The third-order valence-corrected chi connectivity index (χ3v) is 13.6. The molecule has 1 saturated heterocycles. The van der Waals surface area contributed by atoms with E-state index >= 15 is 0 Å². The van der Waals surface area contributed by atoms with Gasteiger partial charge in [0.15, 0.2) is 6.29 Å². The zero-order valence-corrected chi connectivity index (χ0v) is 40.6. The Bertz CT molecular complexity index is 1900. The molecule has 0 radical (unpaired) electrons. The second kappa shape index (κ2) is 25.7. The number of allylic oxidation sites excluding steroid dienone is 24. The third-order valence-electron chi connectivity index (χ3n) is 13.6. The Kier molecular flexibility index (Phi) is 21.9. The Balaban J connectivity index is 1.51. The van der Waals surface area contributed by atoms with Gasteiger partial charge in [-0.15, -0.1) is 0 Å². The highest BCUT2D eigenvalue weighted by Crippen LogP contribution is 2.49. The summed E-state index contributed by atoms with van der Waals surface area (Å²) in [4.78, 5) is 0. The summed E-state index contributed by atoms with van der Waals surface area (Å²) < 4.78 is 11.2. The van der Waals surface area contributed by atoms with Gasteiger partial charge in [-0.1, -0.05) is 182 Å². The fourth-order valence-corrected chi connectivity index (χ4v) is 8.86. The quantitative estimate of drug-likeness (QED) is 0.0648. The second-order valence-corrected chi connectivity index (χ2v) is 19.6. The maximum Gasteiger partial charge on any atom is 0.187 e. The summed E-state index contributed by atoms with van der Waals surface area (Å²) in [5.74, 6) is 1.64. The van der Waals surface area contributed by atoms with Crippen molar-refractivity contribution >= 4 is 0 Å². The van der Waals surface area contributed by atoms with E-state index in [0.717, 1.165) is 42.4 Å². The highest BCUT2D eigenvalue weighted by molar-refractivity contribution is 5.33. The van der Waals surface area contributed by atoms with Crippen LogP contribution in [0.4, 0.5) is 0 Å². The summed E-state index contributed by atoms with van der Waals surface area (Å²) in [5.41, 5.74) is 9.76. The van der Waals surface area contributed by atoms with Crippen LogP contribution < -0.4 is 0 Å². The molecule has 5 N–H and O–H groups in total. The monoisotopic (exact) mass is 867 g/mol. The summed E-state index contributed by atoms with van der Waals surface area (Å²) in [5, 5.41) is 49.3. The molecule has 0 amide bonds. The van der Waals surface area contributed by atoms with Gasteiger partial charge in [0.05, 0.1) is 19.8 Å². The van der Waals surface area contributed by atoms with Gasteiger partial charge in [0.1, 0.15) is 24.4 Å². The zero-order chi connectivity index (χ0) is 46.9. The molecule has 0 bridgehead atoms. The maximum atomic E-state index is 10.3. The number of ether oxygens (including phenoxy) is 2. The topological polar surface area (TPSA) is 120 Å². The molecule has 348 valence electrons. The average molecular weight is 867 g/mol. The van der Waals surface area contributed by atoms with Gasteiger partial charge < -0.3 is 35.0 Å². The van der Waals surface area contributed by atoms with E-state index in [1.54, 1.807) is 0 Å². The molecule has 0 saturated carbocycles. The lowest BCUT2D eigenvalue weighted by molar-refractivity contribution is -0.299. The van der Waals surface area contributed by atoms with Crippen LogP contribution >= 0.6 is 0 Å². The van der Waals surface area contributed by atoms with Crippen LogP contribution in [0, 0.1) is 34.5 Å². The Morgan fingerprint density at radius 3 is 1.49 bits per heavy atom. The van der Waals surface area contributed by atoms with Gasteiger partial charge >= 0.3 is 0 Å². The van der Waals surface area contributed by atoms with Gasteiger partial charge in [0.2, 0.25) is 0 Å². The first-order valence-electron chi connectivity index (χ1n) is 23.0. The fraction of sp³-hybridized carbons (Fsp3) is 0.536. The van der Waals surface area contributed by atoms with Crippen LogP contribution in [0.1, 0.15) is 109 Å². The highest BCUT2D eigenvalue weighted by Gasteiger charge is 2.44. The summed E-state index contributed by atoms with van der Waals surface area (Å²) in [7, 11) is 0. The minimum Gasteiger partial charge on any atom is -0.394 e. The number of aliphatic hydroxyl groups is 5. The Morgan fingerprint density at radius 2 is 1.05 bits per heavy atom. The Labute approximate surface area is 381 Å². The number of aliphatic hydroxyl groups excluding tert-OH is 5. The Morgan fingerprint density at radius 1 is 0.619 bits per heavy atom. The first-order valence-corrected chi connectivity index (χ1v) is 23.0. The van der Waals surface area contributed by atoms with E-state index in [1.165, 1.54) is 27.9 Å². The predicted octanol–water partition coefficient (Wildman–Crippen LogP) is 11.3. The van der Waals surface area contributed by atoms with Crippen molar-refractivity contribution < 1.29 is 35.0 Å². The highest BCUT2D eigenvalue weighted by atomic mass is 16.7. The molecule has 1 fully saturated rings. The summed E-state index contributed by atoms with van der Waals surface area (Å²) in [6.07, 6.45) is 37.1. The molecule has 0 aromatic heterocycles. The lowest BCUT2D eigenvalue weighted by Crippen LogP contribution is -2.59. The average Bonchev–Trinajstić information content (AvgIpc) is 3.22. The molecule has 7 nitrogen and oxygen atoms in total. The van der Waals surface area contributed by atoms with E-state index in [4.69, 9.17) is 9.47 Å². The summed E-state index contributed by atoms with van der Waals surface area (Å²) in [6.45, 7) is 26.3. The van der Waals surface area contributed by atoms with Crippen molar-refractivity contribution in [3.05, 3.63) is 154 Å². The van der Waals surface area contributed by atoms with Crippen molar-refractivity contribution in [2.75, 3.05) is 19.8 Å². The van der Waals surface area contributed by atoms with Crippen LogP contribution in [0.5, 0.6) is 0 Å². The van der Waals surface area contributed by atoms with Crippen LogP contribution in [0.15, 0.2) is 154 Å². The number of hydrogen-bond acceptors (Lipinski definition) is 7. The van der Waals surface area contributed by atoms with Gasteiger partial charge in [-0.3, -0.25) is 0 Å². The summed E-state index contributed by atoms with van der Waals surface area (Å²) in [6, 6.07) is 0. The molecule has 1 heterocycles. The zero-order valence-electron chi connectivity index (χ0n) is 40.6. The van der Waals surface area contributed by atoms with Crippen molar-refractivity contribution in [2.45, 2.75) is 139 Å². The van der Waals surface area contributed by atoms with E-state index in [2.05, 4.69) is 179 Å². The molecule has 0 spiro atoms. The second-order valence-electron chi connectivity index (χ2n) is 19.6. The number of rotatable bonds is 19. The van der Waals surface area contributed by atoms with E-state index < -0.39 is 37.3 Å². The molecule has 0 aromatic carbocycles. The van der Waals surface area contributed by atoms with Crippen LogP contribution in [-0.2, 0) is 9.47 Å². The minimum atomic E-state index is -1.45. The molecule has 4 unspecified atom stereocenters. The van der Waals surface area contributed by atoms with E-state index in [0.29, 0.717) is 23.7 Å². The first-order chi connectivity index (χ1) is 29.7. The lowest BCUT2D eigenvalue weighted by atomic mass is 9.61. The first kappa shape index (κ1) is 53.7. The van der Waals surface area contributed by atoms with Gasteiger partial charge in [0, 0.05) is 11.8 Å².